The standard InChI is InChI=1S/C11H14ClNO2S/c1-3-15-11(14)9-7(6-16-2)4-5-8(12)10(9)13/h4-5H,3,6,13H2,1-2H3. The highest BCUT2D eigenvalue weighted by molar-refractivity contribution is 7.97. The van der Waals surface area contributed by atoms with Crippen LogP contribution in [0.15, 0.2) is 12.1 Å². The van der Waals surface area contributed by atoms with Crippen LogP contribution in [-0.4, -0.2) is 18.8 Å². The van der Waals surface area contributed by atoms with Crippen molar-refractivity contribution in [3.05, 3.63) is 28.3 Å². The molecule has 0 aliphatic carbocycles. The van der Waals surface area contributed by atoms with Crippen molar-refractivity contribution in [3.63, 3.8) is 0 Å². The minimum atomic E-state index is -0.411. The van der Waals surface area contributed by atoms with Gasteiger partial charge in [0.1, 0.15) is 0 Å². The molecule has 0 saturated carbocycles. The maximum Gasteiger partial charge on any atom is 0.340 e. The molecule has 2 N–H and O–H groups in total. The van der Waals surface area contributed by atoms with Crippen molar-refractivity contribution in [1.29, 1.82) is 0 Å². The zero-order chi connectivity index (χ0) is 12.1. The van der Waals surface area contributed by atoms with Crippen LogP contribution in [0.4, 0.5) is 5.69 Å². The van der Waals surface area contributed by atoms with Crippen LogP contribution in [-0.2, 0) is 10.5 Å². The number of carbonyl (C=O) groups is 1. The molecule has 1 aromatic carbocycles. The summed E-state index contributed by atoms with van der Waals surface area (Å²) in [5.74, 6) is 0.293. The molecule has 88 valence electrons. The molecule has 1 rings (SSSR count). The average molecular weight is 260 g/mol. The molecule has 3 nitrogen and oxygen atoms in total. The number of rotatable bonds is 4. The Hall–Kier alpha value is -0.870. The van der Waals surface area contributed by atoms with Gasteiger partial charge in [0, 0.05) is 5.75 Å². The average Bonchev–Trinajstić information content (AvgIpc) is 2.24. The minimum absolute atomic E-state index is 0.298. The summed E-state index contributed by atoms with van der Waals surface area (Å²) in [6, 6.07) is 3.51. The second-order valence-corrected chi connectivity index (χ2v) is 4.42. The number of anilines is 1. The fraction of sp³-hybridized carbons (Fsp3) is 0.364. The molecule has 0 aliphatic rings. The molecule has 0 atom stereocenters. The number of halogens is 1. The van der Waals surface area contributed by atoms with Crippen molar-refractivity contribution < 1.29 is 9.53 Å². The van der Waals surface area contributed by atoms with E-state index in [0.717, 1.165) is 5.56 Å². The SMILES string of the molecule is CCOC(=O)c1c(CSC)ccc(Cl)c1N. The molecule has 0 amide bonds. The lowest BCUT2D eigenvalue weighted by atomic mass is 10.1. The van der Waals surface area contributed by atoms with Gasteiger partial charge in [-0.3, -0.25) is 0 Å². The molecule has 0 aromatic heterocycles. The molecule has 0 fully saturated rings. The monoisotopic (exact) mass is 259 g/mol. The summed E-state index contributed by atoms with van der Waals surface area (Å²) in [7, 11) is 0. The van der Waals surface area contributed by atoms with E-state index in [2.05, 4.69) is 0 Å². The van der Waals surface area contributed by atoms with E-state index in [1.165, 1.54) is 0 Å². The first-order chi connectivity index (χ1) is 7.61. The Bertz CT molecular complexity index is 396. The van der Waals surface area contributed by atoms with Gasteiger partial charge in [0.15, 0.2) is 0 Å². The molecule has 0 aliphatic heterocycles. The quantitative estimate of drug-likeness (QED) is 0.667. The van der Waals surface area contributed by atoms with Crippen molar-refractivity contribution in [3.8, 4) is 0 Å². The normalized spacial score (nSPS) is 10.2. The first-order valence-electron chi connectivity index (χ1n) is 4.84. The first-order valence-corrected chi connectivity index (χ1v) is 6.61. The Morgan fingerprint density at radius 1 is 1.56 bits per heavy atom. The van der Waals surface area contributed by atoms with Crippen LogP contribution < -0.4 is 5.73 Å². The van der Waals surface area contributed by atoms with Crippen molar-refractivity contribution in [2.45, 2.75) is 12.7 Å². The van der Waals surface area contributed by atoms with Crippen LogP contribution in [0.1, 0.15) is 22.8 Å². The molecular formula is C11H14ClNO2S. The summed E-state index contributed by atoms with van der Waals surface area (Å²) < 4.78 is 4.96. The van der Waals surface area contributed by atoms with Crippen LogP contribution in [0.2, 0.25) is 5.02 Å². The number of nitrogen functional groups attached to an aromatic ring is 1. The van der Waals surface area contributed by atoms with Crippen LogP contribution in [0, 0.1) is 0 Å². The van der Waals surface area contributed by atoms with E-state index in [1.807, 2.05) is 6.26 Å². The number of esters is 1. The second kappa shape index (κ2) is 6.01. The fourth-order valence-corrected chi connectivity index (χ4v) is 2.07. The molecule has 0 saturated heterocycles. The smallest absolute Gasteiger partial charge is 0.340 e. The highest BCUT2D eigenvalue weighted by Crippen LogP contribution is 2.28. The molecule has 0 radical (unpaired) electrons. The zero-order valence-electron chi connectivity index (χ0n) is 9.25. The van der Waals surface area contributed by atoms with Gasteiger partial charge >= 0.3 is 5.97 Å². The summed E-state index contributed by atoms with van der Waals surface area (Å²) in [5.41, 5.74) is 7.35. The number of hydrogen-bond donors (Lipinski definition) is 1. The van der Waals surface area contributed by atoms with Gasteiger partial charge in [0.25, 0.3) is 0 Å². The van der Waals surface area contributed by atoms with E-state index in [0.29, 0.717) is 28.6 Å². The topological polar surface area (TPSA) is 52.3 Å². The van der Waals surface area contributed by atoms with Gasteiger partial charge in [-0.15, -0.1) is 0 Å². The predicted molar refractivity (Wildman–Crippen MR) is 69.0 cm³/mol. The number of hydrogen-bond acceptors (Lipinski definition) is 4. The summed E-state index contributed by atoms with van der Waals surface area (Å²) in [5, 5.41) is 0.382. The van der Waals surface area contributed by atoms with Gasteiger partial charge in [0.05, 0.1) is 22.9 Å². The van der Waals surface area contributed by atoms with E-state index in [4.69, 9.17) is 22.1 Å². The van der Waals surface area contributed by atoms with E-state index < -0.39 is 5.97 Å². The third kappa shape index (κ3) is 2.83. The molecule has 0 unspecified atom stereocenters. The Morgan fingerprint density at radius 2 is 2.25 bits per heavy atom. The molecule has 16 heavy (non-hydrogen) atoms. The fourth-order valence-electron chi connectivity index (χ4n) is 1.36. The highest BCUT2D eigenvalue weighted by atomic mass is 35.5. The minimum Gasteiger partial charge on any atom is -0.462 e. The number of carbonyl (C=O) groups excluding carboxylic acids is 1. The third-order valence-electron chi connectivity index (χ3n) is 2.06. The van der Waals surface area contributed by atoms with Crippen LogP contribution in [0.25, 0.3) is 0 Å². The zero-order valence-corrected chi connectivity index (χ0v) is 10.8. The van der Waals surface area contributed by atoms with Gasteiger partial charge in [-0.05, 0) is 24.8 Å². The lowest BCUT2D eigenvalue weighted by Gasteiger charge is -2.11. The lowest BCUT2D eigenvalue weighted by molar-refractivity contribution is 0.0526. The molecule has 0 bridgehead atoms. The Labute approximate surface area is 104 Å². The predicted octanol–water partition coefficient (Wildman–Crippen LogP) is 2.96. The maximum atomic E-state index is 11.7. The van der Waals surface area contributed by atoms with Gasteiger partial charge in [-0.2, -0.15) is 11.8 Å². The molecular weight excluding hydrogens is 246 g/mol. The second-order valence-electron chi connectivity index (χ2n) is 3.15. The van der Waals surface area contributed by atoms with E-state index in [-0.39, 0.29) is 0 Å². The molecule has 5 heteroatoms. The molecule has 1 aromatic rings. The van der Waals surface area contributed by atoms with Crippen molar-refractivity contribution in [2.24, 2.45) is 0 Å². The van der Waals surface area contributed by atoms with Crippen LogP contribution >= 0.6 is 23.4 Å². The van der Waals surface area contributed by atoms with Crippen molar-refractivity contribution in [2.75, 3.05) is 18.6 Å². The Kier molecular flexibility index (Phi) is 4.96. The Morgan fingerprint density at radius 3 is 2.81 bits per heavy atom. The van der Waals surface area contributed by atoms with Gasteiger partial charge < -0.3 is 10.5 Å². The number of nitrogens with two attached hydrogens (primary N) is 1. The van der Waals surface area contributed by atoms with Gasteiger partial charge in [-0.1, -0.05) is 17.7 Å². The first kappa shape index (κ1) is 13.2. The van der Waals surface area contributed by atoms with Gasteiger partial charge in [0.2, 0.25) is 0 Å². The summed E-state index contributed by atoms with van der Waals surface area (Å²) in [6.45, 7) is 2.08. The van der Waals surface area contributed by atoms with E-state index in [9.17, 15) is 4.79 Å². The van der Waals surface area contributed by atoms with Crippen LogP contribution in [0.5, 0.6) is 0 Å². The van der Waals surface area contributed by atoms with Crippen molar-refractivity contribution in [1.82, 2.24) is 0 Å². The van der Waals surface area contributed by atoms with E-state index in [1.54, 1.807) is 30.8 Å². The summed E-state index contributed by atoms with van der Waals surface area (Å²) in [6.07, 6.45) is 1.96. The van der Waals surface area contributed by atoms with Crippen molar-refractivity contribution >= 4 is 35.0 Å². The molecule has 0 heterocycles. The Balaban J connectivity index is 3.20. The molecule has 0 spiro atoms. The number of benzene rings is 1. The largest absolute Gasteiger partial charge is 0.462 e. The summed E-state index contributed by atoms with van der Waals surface area (Å²) >= 11 is 7.50. The number of ether oxygens (including phenoxy) is 1. The van der Waals surface area contributed by atoms with Crippen LogP contribution in [0.3, 0.4) is 0 Å². The summed E-state index contributed by atoms with van der Waals surface area (Å²) in [4.78, 5) is 11.7. The number of thioether (sulfide) groups is 1. The maximum absolute atomic E-state index is 11.7. The third-order valence-corrected chi connectivity index (χ3v) is 2.99. The van der Waals surface area contributed by atoms with E-state index >= 15 is 0 Å². The van der Waals surface area contributed by atoms with Gasteiger partial charge in [-0.25, -0.2) is 4.79 Å². The lowest BCUT2D eigenvalue weighted by Crippen LogP contribution is -2.11. The highest BCUT2D eigenvalue weighted by Gasteiger charge is 2.17.